The van der Waals surface area contributed by atoms with Crippen molar-refractivity contribution in [1.82, 2.24) is 10.2 Å². The Morgan fingerprint density at radius 3 is 2.32 bits per heavy atom. The molecule has 0 aromatic rings. The minimum atomic E-state index is -4.08. The molecule has 0 amide bonds. The summed E-state index contributed by atoms with van der Waals surface area (Å²) in [6, 6.07) is 0.190. The predicted molar refractivity (Wildman–Crippen MR) is 72.2 cm³/mol. The average Bonchev–Trinajstić information content (AvgIpc) is 3.07. The fourth-order valence-electron chi connectivity index (χ4n) is 2.34. The summed E-state index contributed by atoms with van der Waals surface area (Å²) in [6.45, 7) is 7.34. The molecule has 2 nitrogen and oxygen atoms in total. The van der Waals surface area contributed by atoms with Crippen LogP contribution in [0.5, 0.6) is 0 Å². The highest BCUT2D eigenvalue weighted by Gasteiger charge is 2.39. The van der Waals surface area contributed by atoms with Crippen LogP contribution in [0, 0.1) is 5.92 Å². The molecular weight excluding hydrogens is 253 g/mol. The van der Waals surface area contributed by atoms with Crippen LogP contribution >= 0.6 is 0 Å². The zero-order valence-corrected chi connectivity index (χ0v) is 12.3. The zero-order chi connectivity index (χ0) is 14.5. The number of alkyl halides is 3. The van der Waals surface area contributed by atoms with Crippen LogP contribution in [0.15, 0.2) is 0 Å². The van der Waals surface area contributed by atoms with E-state index in [4.69, 9.17) is 0 Å². The van der Waals surface area contributed by atoms with Gasteiger partial charge in [-0.2, -0.15) is 13.2 Å². The van der Waals surface area contributed by atoms with Crippen LogP contribution in [0.25, 0.3) is 0 Å². The van der Waals surface area contributed by atoms with E-state index in [2.05, 4.69) is 19.2 Å². The van der Waals surface area contributed by atoms with Gasteiger partial charge in [0.25, 0.3) is 0 Å². The highest BCUT2D eigenvalue weighted by Crippen LogP contribution is 2.32. The first-order valence-corrected chi connectivity index (χ1v) is 7.33. The second kappa shape index (κ2) is 7.48. The Bertz CT molecular complexity index is 250. The van der Waals surface area contributed by atoms with Crippen molar-refractivity contribution in [2.24, 2.45) is 5.92 Å². The molecule has 0 aromatic carbocycles. The van der Waals surface area contributed by atoms with Crippen LogP contribution in [-0.4, -0.2) is 42.8 Å². The van der Waals surface area contributed by atoms with Crippen molar-refractivity contribution < 1.29 is 13.2 Å². The minimum Gasteiger partial charge on any atom is -0.316 e. The molecule has 5 heteroatoms. The molecule has 1 N–H and O–H groups in total. The fraction of sp³-hybridized carbons (Fsp3) is 1.00. The highest BCUT2D eigenvalue weighted by molar-refractivity contribution is 4.88. The van der Waals surface area contributed by atoms with Gasteiger partial charge in [0.1, 0.15) is 0 Å². The molecule has 1 fully saturated rings. The Labute approximate surface area is 114 Å². The molecule has 1 atom stereocenters. The van der Waals surface area contributed by atoms with E-state index in [1.165, 1.54) is 0 Å². The Morgan fingerprint density at radius 2 is 1.84 bits per heavy atom. The monoisotopic (exact) mass is 280 g/mol. The van der Waals surface area contributed by atoms with Gasteiger partial charge < -0.3 is 5.32 Å². The Hall–Kier alpha value is -0.290. The second-order valence-electron chi connectivity index (χ2n) is 6.11. The van der Waals surface area contributed by atoms with Gasteiger partial charge in [0.05, 0.1) is 6.54 Å². The molecule has 0 radical (unpaired) electrons. The van der Waals surface area contributed by atoms with Crippen molar-refractivity contribution in [3.8, 4) is 0 Å². The van der Waals surface area contributed by atoms with Gasteiger partial charge in [-0.3, -0.25) is 4.90 Å². The van der Waals surface area contributed by atoms with Crippen LogP contribution in [0.4, 0.5) is 13.2 Å². The first-order chi connectivity index (χ1) is 8.79. The normalized spacial score (nSPS) is 18.3. The van der Waals surface area contributed by atoms with Gasteiger partial charge in [0, 0.05) is 12.1 Å². The van der Waals surface area contributed by atoms with E-state index >= 15 is 0 Å². The van der Waals surface area contributed by atoms with Gasteiger partial charge in [0.15, 0.2) is 0 Å². The van der Waals surface area contributed by atoms with Crippen molar-refractivity contribution in [3.05, 3.63) is 0 Å². The summed E-state index contributed by atoms with van der Waals surface area (Å²) in [5.74, 6) is 0.616. The average molecular weight is 280 g/mol. The summed E-state index contributed by atoms with van der Waals surface area (Å²) >= 11 is 0. The first kappa shape index (κ1) is 16.8. The van der Waals surface area contributed by atoms with Crippen LogP contribution < -0.4 is 5.32 Å². The van der Waals surface area contributed by atoms with Crippen molar-refractivity contribution in [1.29, 1.82) is 0 Å². The van der Waals surface area contributed by atoms with Gasteiger partial charge in [-0.25, -0.2) is 0 Å². The van der Waals surface area contributed by atoms with Crippen molar-refractivity contribution in [2.75, 3.05) is 19.6 Å². The third kappa shape index (κ3) is 7.78. The molecule has 0 aliphatic heterocycles. The molecule has 114 valence electrons. The van der Waals surface area contributed by atoms with E-state index in [0.29, 0.717) is 5.92 Å². The molecular formula is C14H27F3N2. The lowest BCUT2D eigenvalue weighted by molar-refractivity contribution is -0.152. The maximum absolute atomic E-state index is 12.5. The summed E-state index contributed by atoms with van der Waals surface area (Å²) in [6.07, 6.45) is -0.461. The van der Waals surface area contributed by atoms with Gasteiger partial charge in [0.2, 0.25) is 0 Å². The second-order valence-corrected chi connectivity index (χ2v) is 6.11. The highest BCUT2D eigenvalue weighted by atomic mass is 19.4. The molecule has 1 unspecified atom stereocenters. The maximum atomic E-state index is 12.5. The van der Waals surface area contributed by atoms with E-state index in [-0.39, 0.29) is 12.1 Å². The molecule has 0 bridgehead atoms. The van der Waals surface area contributed by atoms with Crippen molar-refractivity contribution >= 4 is 0 Å². The number of nitrogens with one attached hydrogen (secondary N) is 1. The Morgan fingerprint density at radius 1 is 1.21 bits per heavy atom. The molecule has 19 heavy (non-hydrogen) atoms. The minimum absolute atomic E-state index is 0.0231. The van der Waals surface area contributed by atoms with Gasteiger partial charge in [-0.15, -0.1) is 0 Å². The van der Waals surface area contributed by atoms with Crippen LogP contribution in [-0.2, 0) is 0 Å². The van der Waals surface area contributed by atoms with E-state index in [1.807, 2.05) is 6.92 Å². The maximum Gasteiger partial charge on any atom is 0.401 e. The van der Waals surface area contributed by atoms with E-state index in [9.17, 15) is 13.2 Å². The third-order valence-electron chi connectivity index (χ3n) is 3.47. The summed E-state index contributed by atoms with van der Waals surface area (Å²) in [5.41, 5.74) is 0. The molecule has 1 saturated carbocycles. The molecule has 0 saturated heterocycles. The smallest absolute Gasteiger partial charge is 0.316 e. The summed E-state index contributed by atoms with van der Waals surface area (Å²) in [7, 11) is 0. The third-order valence-corrected chi connectivity index (χ3v) is 3.47. The van der Waals surface area contributed by atoms with E-state index in [0.717, 1.165) is 38.8 Å². The standard InChI is InChI=1S/C14H27F3N2/c1-11(2)9-18-8-4-5-12(3)19(13-6-7-13)10-14(15,16)17/h11-13,18H,4-10H2,1-3H3. The molecule has 0 heterocycles. The molecule has 1 aliphatic rings. The lowest BCUT2D eigenvalue weighted by atomic mass is 10.1. The molecule has 1 aliphatic carbocycles. The summed E-state index contributed by atoms with van der Waals surface area (Å²) in [4.78, 5) is 1.64. The van der Waals surface area contributed by atoms with Crippen LogP contribution in [0.2, 0.25) is 0 Å². The quantitative estimate of drug-likeness (QED) is 0.651. The van der Waals surface area contributed by atoms with Gasteiger partial charge >= 0.3 is 6.18 Å². The van der Waals surface area contributed by atoms with E-state index < -0.39 is 12.7 Å². The number of hydrogen-bond donors (Lipinski definition) is 1. The predicted octanol–water partition coefficient (Wildman–Crippen LogP) is 3.43. The summed E-state index contributed by atoms with van der Waals surface area (Å²) in [5, 5.41) is 3.33. The topological polar surface area (TPSA) is 15.3 Å². The molecule has 0 spiro atoms. The number of hydrogen-bond acceptors (Lipinski definition) is 2. The number of halogens is 3. The van der Waals surface area contributed by atoms with Crippen LogP contribution in [0.1, 0.15) is 46.5 Å². The van der Waals surface area contributed by atoms with E-state index in [1.54, 1.807) is 4.90 Å². The largest absolute Gasteiger partial charge is 0.401 e. The lowest BCUT2D eigenvalue weighted by Gasteiger charge is -2.30. The number of nitrogens with zero attached hydrogens (tertiary/aromatic N) is 1. The number of rotatable bonds is 9. The van der Waals surface area contributed by atoms with Gasteiger partial charge in [-0.05, 0) is 51.6 Å². The zero-order valence-electron chi connectivity index (χ0n) is 12.3. The molecule has 1 rings (SSSR count). The fourth-order valence-corrected chi connectivity index (χ4v) is 2.34. The SMILES string of the molecule is CC(C)CNCCCC(C)N(CC(F)(F)F)C1CC1. The first-order valence-electron chi connectivity index (χ1n) is 7.33. The van der Waals surface area contributed by atoms with Gasteiger partial charge in [-0.1, -0.05) is 13.8 Å². The van der Waals surface area contributed by atoms with Crippen LogP contribution in [0.3, 0.4) is 0 Å². The van der Waals surface area contributed by atoms with Crippen molar-refractivity contribution in [2.45, 2.75) is 64.7 Å². The Kier molecular flexibility index (Phi) is 6.60. The molecule has 0 aromatic heterocycles. The summed E-state index contributed by atoms with van der Waals surface area (Å²) < 4.78 is 37.6. The lowest BCUT2D eigenvalue weighted by Crippen LogP contribution is -2.42. The Balaban J connectivity index is 2.23. The van der Waals surface area contributed by atoms with Crippen molar-refractivity contribution in [3.63, 3.8) is 0 Å².